The van der Waals surface area contributed by atoms with Gasteiger partial charge in [-0.15, -0.1) is 0 Å². The van der Waals surface area contributed by atoms with Crippen LogP contribution in [0.4, 0.5) is 0 Å². The Balaban J connectivity index is 2.57. The van der Waals surface area contributed by atoms with E-state index in [0.29, 0.717) is 11.3 Å². The molecule has 2 aromatic carbocycles. The van der Waals surface area contributed by atoms with Gasteiger partial charge >= 0.3 is 0 Å². The minimum Gasteiger partial charge on any atom is -0.504 e. The molecule has 0 atom stereocenters. The average molecular weight is 284 g/mol. The van der Waals surface area contributed by atoms with E-state index in [1.807, 2.05) is 18.2 Å². The van der Waals surface area contributed by atoms with Crippen molar-refractivity contribution >= 4 is 11.3 Å². The highest BCUT2D eigenvalue weighted by Gasteiger charge is 2.19. The molecule has 5 heteroatoms. The second-order valence-corrected chi connectivity index (χ2v) is 4.63. The first kappa shape index (κ1) is 14.5. The van der Waals surface area contributed by atoms with E-state index in [2.05, 4.69) is 0 Å². The topological polar surface area (TPSA) is 111 Å². The summed E-state index contributed by atoms with van der Waals surface area (Å²) in [5, 5.41) is 37.1. The highest BCUT2D eigenvalue weighted by Crippen LogP contribution is 2.39. The third-order valence-corrected chi connectivity index (χ3v) is 3.11. The number of hydrogen-bond acceptors (Lipinski definition) is 5. The molecule has 0 radical (unpaired) electrons. The lowest BCUT2D eigenvalue weighted by atomic mass is 9.93. The van der Waals surface area contributed by atoms with Crippen LogP contribution in [0.5, 0.6) is 17.2 Å². The third-order valence-electron chi connectivity index (χ3n) is 3.11. The molecule has 6 N–H and O–H groups in total. The summed E-state index contributed by atoms with van der Waals surface area (Å²) in [7, 11) is 0. The Labute approximate surface area is 122 Å². The van der Waals surface area contributed by atoms with Crippen molar-refractivity contribution in [2.45, 2.75) is 6.92 Å². The van der Waals surface area contributed by atoms with Gasteiger partial charge in [-0.2, -0.15) is 0 Å². The number of aromatic hydroxyl groups is 3. The molecule has 5 nitrogen and oxygen atoms in total. The van der Waals surface area contributed by atoms with Crippen LogP contribution >= 0.6 is 0 Å². The fraction of sp³-hybridized carbons (Fsp3) is 0.0625. The molecule has 0 fully saturated rings. The number of nitrogens with two attached hydrogens (primary N) is 1. The molecule has 0 heterocycles. The highest BCUT2D eigenvalue weighted by molar-refractivity contribution is 6.31. The number of phenolic OH excluding ortho intramolecular Hbond substituents is 3. The van der Waals surface area contributed by atoms with Gasteiger partial charge in [-0.25, -0.2) is 0 Å². The predicted molar refractivity (Wildman–Crippen MR) is 81.5 cm³/mol. The van der Waals surface area contributed by atoms with E-state index in [-0.39, 0.29) is 11.3 Å². The average Bonchev–Trinajstić information content (AvgIpc) is 2.45. The van der Waals surface area contributed by atoms with E-state index in [4.69, 9.17) is 11.1 Å². The van der Waals surface area contributed by atoms with Crippen LogP contribution in [0, 0.1) is 5.41 Å². The molecule has 0 aliphatic rings. The van der Waals surface area contributed by atoms with E-state index in [1.165, 1.54) is 12.1 Å². The Hall–Kier alpha value is -2.95. The largest absolute Gasteiger partial charge is 0.504 e. The van der Waals surface area contributed by atoms with Crippen LogP contribution < -0.4 is 5.73 Å². The van der Waals surface area contributed by atoms with Gasteiger partial charge in [0.15, 0.2) is 11.5 Å². The van der Waals surface area contributed by atoms with E-state index >= 15 is 0 Å². The van der Waals surface area contributed by atoms with E-state index < -0.39 is 17.2 Å². The number of allylic oxidation sites excluding steroid dienone is 2. The van der Waals surface area contributed by atoms with Gasteiger partial charge in [0.05, 0.1) is 5.71 Å². The lowest BCUT2D eigenvalue weighted by Crippen LogP contribution is -2.09. The summed E-state index contributed by atoms with van der Waals surface area (Å²) in [5.74, 6) is -1.65. The van der Waals surface area contributed by atoms with Gasteiger partial charge in [-0.3, -0.25) is 5.41 Å². The Morgan fingerprint density at radius 3 is 2.14 bits per heavy atom. The minimum atomic E-state index is -0.653. The lowest BCUT2D eigenvalue weighted by Gasteiger charge is -2.14. The smallest absolute Gasteiger partial charge is 0.200 e. The molecule has 0 aliphatic heterocycles. The van der Waals surface area contributed by atoms with Crippen LogP contribution in [0.25, 0.3) is 5.57 Å². The van der Waals surface area contributed by atoms with Crippen LogP contribution in [0.1, 0.15) is 18.1 Å². The monoisotopic (exact) mass is 284 g/mol. The van der Waals surface area contributed by atoms with Crippen molar-refractivity contribution < 1.29 is 15.3 Å². The van der Waals surface area contributed by atoms with Crippen LogP contribution in [-0.2, 0) is 0 Å². The normalized spacial score (nSPS) is 11.9. The fourth-order valence-corrected chi connectivity index (χ4v) is 2.08. The van der Waals surface area contributed by atoms with Crippen molar-refractivity contribution in [3.8, 4) is 17.2 Å². The summed E-state index contributed by atoms with van der Waals surface area (Å²) >= 11 is 0. The SMILES string of the molecule is C/C(N)=C(/C(=N)c1ccc(O)c(O)c1O)c1ccccc1. The third kappa shape index (κ3) is 2.67. The summed E-state index contributed by atoms with van der Waals surface area (Å²) in [6.07, 6.45) is 0. The summed E-state index contributed by atoms with van der Waals surface area (Å²) in [5.41, 5.74) is 7.53. The van der Waals surface area contributed by atoms with Crippen molar-refractivity contribution in [1.82, 2.24) is 0 Å². The first-order chi connectivity index (χ1) is 9.93. The Bertz CT molecular complexity index is 718. The summed E-state index contributed by atoms with van der Waals surface area (Å²) in [4.78, 5) is 0. The molecule has 2 aromatic rings. The maximum Gasteiger partial charge on any atom is 0.200 e. The molecule has 21 heavy (non-hydrogen) atoms. The zero-order valence-corrected chi connectivity index (χ0v) is 11.5. The molecule has 0 saturated carbocycles. The zero-order chi connectivity index (χ0) is 15.6. The van der Waals surface area contributed by atoms with E-state index in [9.17, 15) is 15.3 Å². The number of rotatable bonds is 3. The maximum atomic E-state index is 9.91. The van der Waals surface area contributed by atoms with Gasteiger partial charge in [0, 0.05) is 16.8 Å². The lowest BCUT2D eigenvalue weighted by molar-refractivity contribution is 0.367. The molecular weight excluding hydrogens is 268 g/mol. The van der Waals surface area contributed by atoms with Crippen molar-refractivity contribution in [3.63, 3.8) is 0 Å². The van der Waals surface area contributed by atoms with Crippen LogP contribution in [0.15, 0.2) is 48.2 Å². The molecule has 2 rings (SSSR count). The summed E-state index contributed by atoms with van der Waals surface area (Å²) in [6, 6.07) is 11.7. The van der Waals surface area contributed by atoms with Crippen LogP contribution in [0.2, 0.25) is 0 Å². The minimum absolute atomic E-state index is 0.0333. The molecule has 0 aliphatic carbocycles. The van der Waals surface area contributed by atoms with Crippen LogP contribution in [0.3, 0.4) is 0 Å². The summed E-state index contributed by atoms with van der Waals surface area (Å²) in [6.45, 7) is 1.66. The molecule has 0 amide bonds. The second-order valence-electron chi connectivity index (χ2n) is 4.63. The molecular formula is C16H16N2O3. The molecule has 0 saturated heterocycles. The number of phenols is 3. The van der Waals surface area contributed by atoms with Gasteiger partial charge in [0.1, 0.15) is 0 Å². The zero-order valence-electron chi connectivity index (χ0n) is 11.5. The van der Waals surface area contributed by atoms with Crippen molar-refractivity contribution in [2.75, 3.05) is 0 Å². The van der Waals surface area contributed by atoms with Gasteiger partial charge < -0.3 is 21.1 Å². The highest BCUT2D eigenvalue weighted by atomic mass is 16.3. The fourth-order valence-electron chi connectivity index (χ4n) is 2.08. The van der Waals surface area contributed by atoms with Crippen molar-refractivity contribution in [2.24, 2.45) is 5.73 Å². The molecule has 108 valence electrons. The van der Waals surface area contributed by atoms with Crippen molar-refractivity contribution in [3.05, 3.63) is 59.3 Å². The van der Waals surface area contributed by atoms with Crippen molar-refractivity contribution in [1.29, 1.82) is 5.41 Å². The summed E-state index contributed by atoms with van der Waals surface area (Å²) < 4.78 is 0. The first-order valence-corrected chi connectivity index (χ1v) is 6.28. The maximum absolute atomic E-state index is 9.91. The Morgan fingerprint density at radius 1 is 0.952 bits per heavy atom. The van der Waals surface area contributed by atoms with E-state index in [0.717, 1.165) is 5.56 Å². The molecule has 0 unspecified atom stereocenters. The molecule has 0 spiro atoms. The van der Waals surface area contributed by atoms with E-state index in [1.54, 1.807) is 19.1 Å². The van der Waals surface area contributed by atoms with Crippen LogP contribution in [-0.4, -0.2) is 21.0 Å². The Morgan fingerprint density at radius 2 is 1.57 bits per heavy atom. The Kier molecular flexibility index (Phi) is 3.84. The van der Waals surface area contributed by atoms with Gasteiger partial charge in [-0.1, -0.05) is 30.3 Å². The standard InChI is InChI=1S/C16H16N2O3/c1-9(17)13(10-5-3-2-4-6-10)14(18)11-7-8-12(19)16(21)15(11)20/h2-8,18-21H,17H2,1H3/b13-9-,18-14?. The number of hydrogen-bond donors (Lipinski definition) is 5. The number of nitrogens with one attached hydrogen (secondary N) is 1. The first-order valence-electron chi connectivity index (χ1n) is 6.28. The second kappa shape index (κ2) is 5.58. The van der Waals surface area contributed by atoms with Gasteiger partial charge in [0.2, 0.25) is 5.75 Å². The number of benzene rings is 2. The quantitative estimate of drug-likeness (QED) is 0.440. The van der Waals surface area contributed by atoms with Gasteiger partial charge in [0.25, 0.3) is 0 Å². The predicted octanol–water partition coefficient (Wildman–Crippen LogP) is 2.56. The molecule has 0 aromatic heterocycles. The van der Waals surface area contributed by atoms with Gasteiger partial charge in [-0.05, 0) is 24.6 Å². The molecule has 0 bridgehead atoms.